The third kappa shape index (κ3) is 2.29. The number of carbonyl (C=O) groups is 1. The van der Waals surface area contributed by atoms with Crippen molar-refractivity contribution in [3.05, 3.63) is 16.7 Å². The molecule has 2 rings (SSSR count). The fraction of sp³-hybridized carbons (Fsp3) is 0.500. The average molecular weight is 299 g/mol. The minimum absolute atomic E-state index is 0.0635. The van der Waals surface area contributed by atoms with Gasteiger partial charge in [-0.2, -0.15) is 0 Å². The quantitative estimate of drug-likeness (QED) is 0.800. The predicted octanol–water partition coefficient (Wildman–Crippen LogP) is 2.47. The second kappa shape index (κ2) is 4.64. The van der Waals surface area contributed by atoms with Crippen LogP contribution in [0.4, 0.5) is 5.82 Å². The lowest BCUT2D eigenvalue weighted by atomic mass is 9.95. The molecule has 17 heavy (non-hydrogen) atoms. The van der Waals surface area contributed by atoms with Crippen LogP contribution in [0, 0.1) is 11.8 Å². The van der Waals surface area contributed by atoms with Crippen LogP contribution < -0.4 is 9.64 Å². The smallest absolute Gasteiger partial charge is 0.234 e. The highest BCUT2D eigenvalue weighted by molar-refractivity contribution is 9.10. The number of halogens is 1. The molecule has 0 aromatic carbocycles. The molecule has 0 bridgehead atoms. The molecule has 0 radical (unpaired) electrons. The summed E-state index contributed by atoms with van der Waals surface area (Å²) in [6.07, 6.45) is 1.67. The lowest BCUT2D eigenvalue weighted by Gasteiger charge is -2.20. The van der Waals surface area contributed by atoms with Crippen LogP contribution in [0.2, 0.25) is 0 Å². The van der Waals surface area contributed by atoms with Gasteiger partial charge in [-0.05, 0) is 27.9 Å². The molecule has 0 N–H and O–H groups in total. The van der Waals surface area contributed by atoms with Gasteiger partial charge in [-0.1, -0.05) is 13.8 Å². The highest BCUT2D eigenvalue weighted by atomic mass is 79.9. The zero-order chi connectivity index (χ0) is 12.6. The normalized spacial score (nSPS) is 19.9. The van der Waals surface area contributed by atoms with Gasteiger partial charge in [0.1, 0.15) is 6.61 Å². The second-order valence-electron chi connectivity index (χ2n) is 4.53. The number of rotatable bonds is 1. The molecule has 0 spiro atoms. The standard InChI is InChI=1S/C12H15BrN2O2/c1-7(2)9-6-17-10-4-8(13)5-14-11(10)15(3)12(9)16/h4-5,7,9H,6H2,1-3H3/t9-/m1/s1. The van der Waals surface area contributed by atoms with Gasteiger partial charge in [-0.15, -0.1) is 0 Å². The minimum atomic E-state index is -0.118. The average Bonchev–Trinajstić information content (AvgIpc) is 2.38. The van der Waals surface area contributed by atoms with Crippen LogP contribution in [0.5, 0.6) is 5.75 Å². The third-order valence-electron chi connectivity index (χ3n) is 2.99. The van der Waals surface area contributed by atoms with Crippen molar-refractivity contribution in [2.24, 2.45) is 11.8 Å². The van der Waals surface area contributed by atoms with Crippen LogP contribution >= 0.6 is 15.9 Å². The van der Waals surface area contributed by atoms with E-state index in [0.29, 0.717) is 18.2 Å². The number of hydrogen-bond donors (Lipinski definition) is 0. The van der Waals surface area contributed by atoms with Gasteiger partial charge >= 0.3 is 0 Å². The molecule has 1 amide bonds. The Labute approximate surface area is 109 Å². The van der Waals surface area contributed by atoms with Crippen LogP contribution in [0.3, 0.4) is 0 Å². The Morgan fingerprint density at radius 2 is 2.29 bits per heavy atom. The summed E-state index contributed by atoms with van der Waals surface area (Å²) in [5.41, 5.74) is 0. The SMILES string of the molecule is CC(C)[C@H]1COc2cc(Br)cnc2N(C)C1=O. The Morgan fingerprint density at radius 1 is 1.59 bits per heavy atom. The molecule has 1 aromatic rings. The van der Waals surface area contributed by atoms with Crippen molar-refractivity contribution in [1.82, 2.24) is 4.98 Å². The van der Waals surface area contributed by atoms with Crippen molar-refractivity contribution < 1.29 is 9.53 Å². The summed E-state index contributed by atoms with van der Waals surface area (Å²) in [5, 5.41) is 0. The first-order valence-electron chi connectivity index (χ1n) is 5.56. The number of aromatic nitrogens is 1. The number of amides is 1. The fourth-order valence-electron chi connectivity index (χ4n) is 1.85. The molecule has 2 heterocycles. The maximum absolute atomic E-state index is 12.2. The number of fused-ring (bicyclic) bond motifs is 1. The van der Waals surface area contributed by atoms with Crippen molar-refractivity contribution >= 4 is 27.7 Å². The van der Waals surface area contributed by atoms with E-state index in [9.17, 15) is 4.79 Å². The van der Waals surface area contributed by atoms with Gasteiger partial charge in [0, 0.05) is 17.7 Å². The van der Waals surface area contributed by atoms with E-state index in [-0.39, 0.29) is 17.7 Å². The van der Waals surface area contributed by atoms with E-state index in [1.54, 1.807) is 18.1 Å². The molecule has 4 nitrogen and oxygen atoms in total. The molecule has 1 aliphatic rings. The Kier molecular flexibility index (Phi) is 3.38. The van der Waals surface area contributed by atoms with E-state index in [1.165, 1.54) is 0 Å². The van der Waals surface area contributed by atoms with E-state index in [4.69, 9.17) is 4.74 Å². The number of pyridine rings is 1. The molecule has 0 unspecified atom stereocenters. The first-order valence-corrected chi connectivity index (χ1v) is 6.36. The van der Waals surface area contributed by atoms with Crippen molar-refractivity contribution in [2.45, 2.75) is 13.8 Å². The van der Waals surface area contributed by atoms with Crippen LogP contribution in [-0.4, -0.2) is 24.5 Å². The first kappa shape index (κ1) is 12.4. The molecular formula is C12H15BrN2O2. The summed E-state index contributed by atoms with van der Waals surface area (Å²) in [7, 11) is 1.74. The monoisotopic (exact) mass is 298 g/mol. The van der Waals surface area contributed by atoms with Gasteiger partial charge in [0.15, 0.2) is 11.6 Å². The molecule has 1 aliphatic heterocycles. The zero-order valence-electron chi connectivity index (χ0n) is 10.1. The largest absolute Gasteiger partial charge is 0.489 e. The number of nitrogens with zero attached hydrogens (tertiary/aromatic N) is 2. The topological polar surface area (TPSA) is 42.4 Å². The van der Waals surface area contributed by atoms with Crippen molar-refractivity contribution in [2.75, 3.05) is 18.6 Å². The number of ether oxygens (including phenoxy) is 1. The zero-order valence-corrected chi connectivity index (χ0v) is 11.7. The van der Waals surface area contributed by atoms with E-state index in [2.05, 4.69) is 20.9 Å². The number of hydrogen-bond acceptors (Lipinski definition) is 3. The van der Waals surface area contributed by atoms with Gasteiger partial charge in [0.05, 0.1) is 5.92 Å². The molecule has 0 fully saturated rings. The van der Waals surface area contributed by atoms with E-state index >= 15 is 0 Å². The Morgan fingerprint density at radius 3 is 2.94 bits per heavy atom. The summed E-state index contributed by atoms with van der Waals surface area (Å²) in [4.78, 5) is 18.0. The van der Waals surface area contributed by atoms with Gasteiger partial charge in [-0.25, -0.2) is 4.98 Å². The van der Waals surface area contributed by atoms with E-state index in [1.807, 2.05) is 19.9 Å². The van der Waals surface area contributed by atoms with Crippen LogP contribution in [-0.2, 0) is 4.79 Å². The van der Waals surface area contributed by atoms with Crippen LogP contribution in [0.25, 0.3) is 0 Å². The molecule has 1 aromatic heterocycles. The van der Waals surface area contributed by atoms with Gasteiger partial charge in [-0.3, -0.25) is 9.69 Å². The summed E-state index contributed by atoms with van der Waals surface area (Å²) >= 11 is 3.35. The molecular weight excluding hydrogens is 284 g/mol. The van der Waals surface area contributed by atoms with Crippen molar-refractivity contribution in [3.8, 4) is 5.75 Å². The maximum atomic E-state index is 12.2. The number of carbonyl (C=O) groups excluding carboxylic acids is 1. The maximum Gasteiger partial charge on any atom is 0.234 e. The summed E-state index contributed by atoms with van der Waals surface area (Å²) in [6, 6.07) is 1.84. The molecule has 1 atom stereocenters. The molecule has 0 saturated heterocycles. The predicted molar refractivity (Wildman–Crippen MR) is 69.2 cm³/mol. The molecule has 5 heteroatoms. The summed E-state index contributed by atoms with van der Waals surface area (Å²) < 4.78 is 6.54. The molecule has 0 saturated carbocycles. The van der Waals surface area contributed by atoms with Crippen LogP contribution in [0.15, 0.2) is 16.7 Å². The van der Waals surface area contributed by atoms with Crippen molar-refractivity contribution in [3.63, 3.8) is 0 Å². The fourth-order valence-corrected chi connectivity index (χ4v) is 2.16. The van der Waals surface area contributed by atoms with E-state index in [0.717, 1.165) is 4.47 Å². The van der Waals surface area contributed by atoms with Gasteiger partial charge in [0.2, 0.25) is 5.91 Å². The Hall–Kier alpha value is -1.10. The van der Waals surface area contributed by atoms with Crippen LogP contribution in [0.1, 0.15) is 13.8 Å². The van der Waals surface area contributed by atoms with E-state index < -0.39 is 0 Å². The lowest BCUT2D eigenvalue weighted by molar-refractivity contribution is -0.124. The Balaban J connectivity index is 2.40. The second-order valence-corrected chi connectivity index (χ2v) is 5.45. The molecule has 92 valence electrons. The van der Waals surface area contributed by atoms with Gasteiger partial charge < -0.3 is 4.74 Å². The number of anilines is 1. The highest BCUT2D eigenvalue weighted by Gasteiger charge is 2.32. The first-order chi connectivity index (χ1) is 8.00. The highest BCUT2D eigenvalue weighted by Crippen LogP contribution is 2.33. The lowest BCUT2D eigenvalue weighted by Crippen LogP contribution is -2.36. The third-order valence-corrected chi connectivity index (χ3v) is 3.42. The van der Waals surface area contributed by atoms with Crippen molar-refractivity contribution in [1.29, 1.82) is 0 Å². The summed E-state index contributed by atoms with van der Waals surface area (Å²) in [5.74, 6) is 1.43. The minimum Gasteiger partial charge on any atom is -0.489 e. The van der Waals surface area contributed by atoms with Gasteiger partial charge in [0.25, 0.3) is 0 Å². The molecule has 0 aliphatic carbocycles. The Bertz CT molecular complexity index is 448. The summed E-state index contributed by atoms with van der Waals surface area (Å²) in [6.45, 7) is 4.46.